The first-order chi connectivity index (χ1) is 11.8. The van der Waals surface area contributed by atoms with Crippen molar-refractivity contribution in [3.8, 4) is 0 Å². The summed E-state index contributed by atoms with van der Waals surface area (Å²) >= 11 is 0. The number of fused-ring (bicyclic) bond motifs is 2. The number of nitrogens with zero attached hydrogens (tertiary/aromatic N) is 2. The summed E-state index contributed by atoms with van der Waals surface area (Å²) in [5.41, 5.74) is 6.90. The van der Waals surface area contributed by atoms with Gasteiger partial charge in [0.1, 0.15) is 0 Å². The summed E-state index contributed by atoms with van der Waals surface area (Å²) < 4.78 is 0. The van der Waals surface area contributed by atoms with Crippen LogP contribution in [0.2, 0.25) is 0 Å². The fourth-order valence-corrected chi connectivity index (χ4v) is 3.45. The Labute approximate surface area is 140 Å². The lowest BCUT2D eigenvalue weighted by Crippen LogP contribution is -2.18. The molecule has 0 saturated carbocycles. The van der Waals surface area contributed by atoms with Gasteiger partial charge in [0.25, 0.3) is 5.91 Å². The summed E-state index contributed by atoms with van der Waals surface area (Å²) in [6.45, 7) is 0. The molecule has 118 valence electrons. The first-order valence-corrected chi connectivity index (χ1v) is 8.04. The molecular formula is C20H17N3O. The van der Waals surface area contributed by atoms with Crippen LogP contribution in [0.4, 0.5) is 0 Å². The molecule has 1 amide bonds. The molecule has 0 radical (unpaired) electrons. The first-order valence-electron chi connectivity index (χ1n) is 8.04. The highest BCUT2D eigenvalue weighted by atomic mass is 16.2. The van der Waals surface area contributed by atoms with Crippen LogP contribution in [0, 0.1) is 11.8 Å². The molecular weight excluding hydrogens is 298 g/mol. The second kappa shape index (κ2) is 6.24. The fraction of sp³-hybridized carbons (Fsp3) is 0.150. The van der Waals surface area contributed by atoms with Crippen LogP contribution in [0.15, 0.2) is 77.7 Å². The maximum absolute atomic E-state index is 12.0. The second-order valence-corrected chi connectivity index (χ2v) is 6.00. The monoisotopic (exact) mass is 315 g/mol. The number of nitrogens with one attached hydrogen (secondary N) is 1. The zero-order valence-electron chi connectivity index (χ0n) is 13.1. The Balaban J connectivity index is 1.56. The molecule has 2 atom stereocenters. The van der Waals surface area contributed by atoms with Crippen LogP contribution < -0.4 is 5.43 Å². The van der Waals surface area contributed by atoms with Gasteiger partial charge >= 0.3 is 0 Å². The number of hydrazone groups is 1. The molecule has 0 aliphatic heterocycles. The predicted molar refractivity (Wildman–Crippen MR) is 94.3 cm³/mol. The van der Waals surface area contributed by atoms with Crippen molar-refractivity contribution in [2.24, 2.45) is 16.9 Å². The molecule has 1 aromatic heterocycles. The molecule has 4 nitrogen and oxygen atoms in total. The molecule has 2 aromatic rings. The van der Waals surface area contributed by atoms with Crippen LogP contribution in [0.1, 0.15) is 22.3 Å². The Bertz CT molecular complexity index is 838. The van der Waals surface area contributed by atoms with Gasteiger partial charge in [-0.1, -0.05) is 42.5 Å². The fourth-order valence-electron chi connectivity index (χ4n) is 3.45. The van der Waals surface area contributed by atoms with Gasteiger partial charge in [0, 0.05) is 29.8 Å². The van der Waals surface area contributed by atoms with Crippen molar-refractivity contribution in [1.29, 1.82) is 0 Å². The molecule has 1 aromatic carbocycles. The predicted octanol–water partition coefficient (Wildman–Crippen LogP) is 3.46. The van der Waals surface area contributed by atoms with Crippen molar-refractivity contribution in [3.63, 3.8) is 0 Å². The highest BCUT2D eigenvalue weighted by Crippen LogP contribution is 2.47. The molecule has 2 aliphatic rings. The van der Waals surface area contributed by atoms with Crippen LogP contribution in [0.5, 0.6) is 0 Å². The van der Waals surface area contributed by atoms with E-state index in [1.165, 1.54) is 16.7 Å². The van der Waals surface area contributed by atoms with Crippen LogP contribution in [-0.2, 0) is 0 Å². The van der Waals surface area contributed by atoms with Crippen molar-refractivity contribution in [2.75, 3.05) is 0 Å². The van der Waals surface area contributed by atoms with Crippen LogP contribution in [-0.4, -0.2) is 17.1 Å². The molecule has 1 N–H and O–H groups in total. The summed E-state index contributed by atoms with van der Waals surface area (Å²) in [7, 11) is 0. The van der Waals surface area contributed by atoms with Crippen LogP contribution in [0.25, 0.3) is 5.57 Å². The third-order valence-electron chi connectivity index (χ3n) is 4.56. The lowest BCUT2D eigenvalue weighted by atomic mass is 9.92. The summed E-state index contributed by atoms with van der Waals surface area (Å²) in [5, 5.41) is 4.19. The van der Waals surface area contributed by atoms with E-state index >= 15 is 0 Å². The number of hydrogen-bond acceptors (Lipinski definition) is 3. The van der Waals surface area contributed by atoms with E-state index in [-0.39, 0.29) is 5.91 Å². The zero-order valence-corrected chi connectivity index (χ0v) is 13.1. The minimum Gasteiger partial charge on any atom is -0.267 e. The Morgan fingerprint density at radius 1 is 1.08 bits per heavy atom. The Hall–Kier alpha value is -3.01. The third kappa shape index (κ3) is 2.67. The molecule has 4 rings (SSSR count). The van der Waals surface area contributed by atoms with E-state index in [1.807, 2.05) is 6.07 Å². The van der Waals surface area contributed by atoms with E-state index in [9.17, 15) is 4.79 Å². The van der Waals surface area contributed by atoms with Crippen molar-refractivity contribution < 1.29 is 4.79 Å². The van der Waals surface area contributed by atoms with Gasteiger partial charge in [-0.15, -0.1) is 0 Å². The van der Waals surface area contributed by atoms with Gasteiger partial charge in [0.15, 0.2) is 0 Å². The highest BCUT2D eigenvalue weighted by Gasteiger charge is 2.34. The van der Waals surface area contributed by atoms with Crippen LogP contribution >= 0.6 is 0 Å². The highest BCUT2D eigenvalue weighted by molar-refractivity contribution is 5.98. The molecule has 2 aliphatic carbocycles. The minimum absolute atomic E-state index is 0.228. The summed E-state index contributed by atoms with van der Waals surface area (Å²) in [5.74, 6) is 0.621. The van der Waals surface area contributed by atoms with E-state index in [4.69, 9.17) is 0 Å². The number of amides is 1. The van der Waals surface area contributed by atoms with E-state index in [2.05, 4.69) is 51.9 Å². The molecule has 2 unspecified atom stereocenters. The van der Waals surface area contributed by atoms with Crippen LogP contribution in [0.3, 0.4) is 0 Å². The number of carbonyl (C=O) groups is 1. The largest absolute Gasteiger partial charge is 0.271 e. The van der Waals surface area contributed by atoms with E-state index in [1.54, 1.807) is 30.7 Å². The number of carbonyl (C=O) groups excluding carboxylic acids is 1. The van der Waals surface area contributed by atoms with Gasteiger partial charge < -0.3 is 0 Å². The van der Waals surface area contributed by atoms with Gasteiger partial charge in [-0.2, -0.15) is 5.10 Å². The van der Waals surface area contributed by atoms with Gasteiger partial charge in [0.2, 0.25) is 0 Å². The summed E-state index contributed by atoms with van der Waals surface area (Å²) in [6.07, 6.45) is 10.6. The molecule has 0 saturated heterocycles. The number of pyridine rings is 1. The second-order valence-electron chi connectivity index (χ2n) is 6.00. The minimum atomic E-state index is -0.228. The molecule has 0 fully saturated rings. The first kappa shape index (κ1) is 14.6. The number of benzene rings is 1. The van der Waals surface area contributed by atoms with Gasteiger partial charge in [-0.25, -0.2) is 5.43 Å². The third-order valence-corrected chi connectivity index (χ3v) is 4.56. The molecule has 24 heavy (non-hydrogen) atoms. The maximum atomic E-state index is 12.0. The SMILES string of the molecule is O=C(NN=CC1=C(c2ccccc2)C2C=CC1C2)c1ccncc1. The van der Waals surface area contributed by atoms with E-state index in [0.29, 0.717) is 17.4 Å². The molecule has 0 spiro atoms. The normalized spacial score (nSPS) is 21.7. The number of aromatic nitrogens is 1. The topological polar surface area (TPSA) is 54.4 Å². The average Bonchev–Trinajstić information content (AvgIpc) is 3.24. The van der Waals surface area contributed by atoms with Crippen molar-refractivity contribution >= 4 is 17.7 Å². The Kier molecular flexibility index (Phi) is 3.79. The quantitative estimate of drug-likeness (QED) is 0.534. The van der Waals surface area contributed by atoms with Crippen molar-refractivity contribution in [2.45, 2.75) is 6.42 Å². The number of rotatable bonds is 4. The number of allylic oxidation sites excluding steroid dienone is 4. The Morgan fingerprint density at radius 3 is 2.62 bits per heavy atom. The van der Waals surface area contributed by atoms with E-state index in [0.717, 1.165) is 6.42 Å². The molecule has 4 heteroatoms. The van der Waals surface area contributed by atoms with Crippen molar-refractivity contribution in [3.05, 3.63) is 83.7 Å². The summed E-state index contributed by atoms with van der Waals surface area (Å²) in [4.78, 5) is 16.0. The average molecular weight is 315 g/mol. The molecule has 2 bridgehead atoms. The summed E-state index contributed by atoms with van der Waals surface area (Å²) in [6, 6.07) is 13.7. The molecule has 1 heterocycles. The lowest BCUT2D eigenvalue weighted by Gasteiger charge is -2.13. The van der Waals surface area contributed by atoms with Crippen molar-refractivity contribution in [1.82, 2.24) is 10.4 Å². The lowest BCUT2D eigenvalue weighted by molar-refractivity contribution is 0.0955. The number of hydrogen-bond donors (Lipinski definition) is 1. The van der Waals surface area contributed by atoms with Gasteiger partial charge in [-0.3, -0.25) is 9.78 Å². The van der Waals surface area contributed by atoms with Gasteiger partial charge in [0.05, 0.1) is 6.21 Å². The smallest absolute Gasteiger partial charge is 0.267 e. The maximum Gasteiger partial charge on any atom is 0.271 e. The Morgan fingerprint density at radius 2 is 1.83 bits per heavy atom. The standard InChI is InChI=1S/C20H17N3O/c24-20(15-8-10-21-11-9-15)23-22-13-18-16-6-7-17(12-16)19(18)14-4-2-1-3-5-14/h1-11,13,16-17H,12H2,(H,23,24). The zero-order chi connectivity index (χ0) is 16.4. The van der Waals surface area contributed by atoms with E-state index < -0.39 is 0 Å². The van der Waals surface area contributed by atoms with Gasteiger partial charge in [-0.05, 0) is 35.3 Å².